The summed E-state index contributed by atoms with van der Waals surface area (Å²) in [6.45, 7) is 7.35. The van der Waals surface area contributed by atoms with Gasteiger partial charge in [0.2, 0.25) is 5.82 Å². The maximum atomic E-state index is 11.9. The molecule has 1 aromatic heterocycles. The smallest absolute Gasteiger partial charge is 0.347 e. The molecule has 0 spiro atoms. The van der Waals surface area contributed by atoms with Gasteiger partial charge in [0, 0.05) is 17.7 Å². The lowest BCUT2D eigenvalue weighted by atomic mass is 10.1. The van der Waals surface area contributed by atoms with E-state index in [0.29, 0.717) is 11.4 Å². The molecule has 1 heterocycles. The third-order valence-corrected chi connectivity index (χ3v) is 3.19. The molecule has 1 aromatic carbocycles. The summed E-state index contributed by atoms with van der Waals surface area (Å²) in [6.07, 6.45) is 5.93. The van der Waals surface area contributed by atoms with Crippen molar-refractivity contribution in [2.45, 2.75) is 19.9 Å². The van der Waals surface area contributed by atoms with E-state index >= 15 is 0 Å². The van der Waals surface area contributed by atoms with Gasteiger partial charge in [0.05, 0.1) is 6.20 Å². The summed E-state index contributed by atoms with van der Waals surface area (Å²) in [5.74, 6) is 0.127. The number of amides is 1. The van der Waals surface area contributed by atoms with E-state index in [0.717, 1.165) is 5.56 Å². The van der Waals surface area contributed by atoms with Gasteiger partial charge < -0.3 is 15.4 Å². The number of hydrogen-bond donors (Lipinski definition) is 1. The Balaban J connectivity index is 2.17. The first-order valence-electron chi connectivity index (χ1n) is 7.35. The summed E-state index contributed by atoms with van der Waals surface area (Å²) in [5.41, 5.74) is 1.42. The van der Waals surface area contributed by atoms with Gasteiger partial charge in [0.15, 0.2) is 0 Å². The van der Waals surface area contributed by atoms with Crippen LogP contribution in [-0.2, 0) is 0 Å². The van der Waals surface area contributed by atoms with Crippen LogP contribution in [0.15, 0.2) is 37.0 Å². The van der Waals surface area contributed by atoms with Crippen LogP contribution >= 0.6 is 0 Å². The molecule has 2 rings (SSSR count). The zero-order chi connectivity index (χ0) is 17.7. The molecule has 0 saturated carbocycles. The van der Waals surface area contributed by atoms with Gasteiger partial charge in [-0.15, -0.1) is 0 Å². The number of carbonyl (C=O) groups is 1. The first kappa shape index (κ1) is 17.1. The highest BCUT2D eigenvalue weighted by molar-refractivity contribution is 5.94. The van der Waals surface area contributed by atoms with Crippen molar-refractivity contribution in [2.75, 3.05) is 0 Å². The first-order valence-corrected chi connectivity index (χ1v) is 7.35. The number of nitrogens with zero attached hydrogens (tertiary/aromatic N) is 3. The van der Waals surface area contributed by atoms with E-state index in [1.807, 2.05) is 13.8 Å². The van der Waals surface area contributed by atoms with Crippen LogP contribution in [-0.4, -0.2) is 26.4 Å². The standard InChI is InChI=1S/C17H18N4O3/c1-4-20-15(18-11-16(20)21(23)24)10-7-13-5-8-14(9-6-13)17(22)19-12(2)3/h4-12H,1H2,2-3H3,(H,19,22)/b10-7+. The molecule has 0 aliphatic carbocycles. The third-order valence-electron chi connectivity index (χ3n) is 3.19. The Kier molecular flexibility index (Phi) is 5.26. The minimum Gasteiger partial charge on any atom is -0.358 e. The maximum Gasteiger partial charge on any atom is 0.347 e. The van der Waals surface area contributed by atoms with Gasteiger partial charge in [-0.2, -0.15) is 4.57 Å². The van der Waals surface area contributed by atoms with Crippen LogP contribution in [0.3, 0.4) is 0 Å². The SMILES string of the molecule is C=Cn1c([N+](=O)[O-])cnc1/C=C/c1ccc(C(=O)NC(C)C)cc1. The number of nitrogens with one attached hydrogen (secondary N) is 1. The molecule has 0 bridgehead atoms. The Morgan fingerprint density at radius 1 is 1.33 bits per heavy atom. The van der Waals surface area contributed by atoms with E-state index in [1.165, 1.54) is 17.0 Å². The molecule has 1 N–H and O–H groups in total. The summed E-state index contributed by atoms with van der Waals surface area (Å²) in [4.78, 5) is 26.2. The van der Waals surface area contributed by atoms with E-state index in [4.69, 9.17) is 0 Å². The number of benzene rings is 1. The zero-order valence-corrected chi connectivity index (χ0v) is 13.5. The van der Waals surface area contributed by atoms with E-state index < -0.39 is 4.92 Å². The normalized spacial score (nSPS) is 11.0. The molecule has 0 unspecified atom stereocenters. The van der Waals surface area contributed by atoms with E-state index in [2.05, 4.69) is 16.9 Å². The fraction of sp³-hybridized carbons (Fsp3) is 0.176. The van der Waals surface area contributed by atoms with Crippen LogP contribution in [0.2, 0.25) is 0 Å². The lowest BCUT2D eigenvalue weighted by Gasteiger charge is -2.08. The minimum absolute atomic E-state index is 0.0747. The van der Waals surface area contributed by atoms with Crippen molar-refractivity contribution in [1.29, 1.82) is 0 Å². The fourth-order valence-electron chi connectivity index (χ4n) is 2.07. The molecule has 0 radical (unpaired) electrons. The molecule has 1 amide bonds. The van der Waals surface area contributed by atoms with Crippen molar-refractivity contribution in [3.05, 3.63) is 64.1 Å². The average molecular weight is 326 g/mol. The molecule has 0 saturated heterocycles. The summed E-state index contributed by atoms with van der Waals surface area (Å²) in [5, 5.41) is 13.7. The highest BCUT2D eigenvalue weighted by Gasteiger charge is 2.15. The highest BCUT2D eigenvalue weighted by atomic mass is 16.6. The van der Waals surface area contributed by atoms with Gasteiger partial charge in [-0.25, -0.2) is 4.98 Å². The molecule has 7 heteroatoms. The van der Waals surface area contributed by atoms with Crippen molar-refractivity contribution in [3.63, 3.8) is 0 Å². The van der Waals surface area contributed by atoms with Gasteiger partial charge in [-0.3, -0.25) is 4.79 Å². The summed E-state index contributed by atoms with van der Waals surface area (Å²) in [6, 6.07) is 7.10. The zero-order valence-electron chi connectivity index (χ0n) is 13.5. The monoisotopic (exact) mass is 326 g/mol. The Bertz CT molecular complexity index is 789. The molecule has 124 valence electrons. The summed E-state index contributed by atoms with van der Waals surface area (Å²) < 4.78 is 1.29. The van der Waals surface area contributed by atoms with Crippen LogP contribution in [0.25, 0.3) is 18.4 Å². The predicted octanol–water partition coefficient (Wildman–Crippen LogP) is 3.20. The van der Waals surface area contributed by atoms with Crippen molar-refractivity contribution in [1.82, 2.24) is 14.9 Å². The second-order valence-electron chi connectivity index (χ2n) is 5.37. The Morgan fingerprint density at radius 3 is 2.54 bits per heavy atom. The predicted molar refractivity (Wildman–Crippen MR) is 93.2 cm³/mol. The van der Waals surface area contributed by atoms with E-state index in [-0.39, 0.29) is 17.8 Å². The van der Waals surface area contributed by atoms with Crippen molar-refractivity contribution >= 4 is 30.1 Å². The summed E-state index contributed by atoms with van der Waals surface area (Å²) >= 11 is 0. The van der Waals surface area contributed by atoms with Gasteiger partial charge in [-0.1, -0.05) is 18.7 Å². The van der Waals surface area contributed by atoms with Crippen molar-refractivity contribution in [2.24, 2.45) is 0 Å². The number of nitro groups is 1. The van der Waals surface area contributed by atoms with Gasteiger partial charge in [-0.05, 0) is 42.5 Å². The van der Waals surface area contributed by atoms with Gasteiger partial charge >= 0.3 is 5.82 Å². The first-order chi connectivity index (χ1) is 11.4. The molecular weight excluding hydrogens is 308 g/mol. The number of hydrogen-bond acceptors (Lipinski definition) is 4. The van der Waals surface area contributed by atoms with Crippen LogP contribution in [0.4, 0.5) is 5.82 Å². The van der Waals surface area contributed by atoms with Crippen LogP contribution in [0, 0.1) is 10.1 Å². The second-order valence-corrected chi connectivity index (χ2v) is 5.37. The van der Waals surface area contributed by atoms with Gasteiger partial charge in [0.25, 0.3) is 5.91 Å². The number of carbonyl (C=O) groups excluding carboxylic acids is 1. The third kappa shape index (κ3) is 3.95. The van der Waals surface area contributed by atoms with Crippen LogP contribution < -0.4 is 5.32 Å². The van der Waals surface area contributed by atoms with Crippen molar-refractivity contribution in [3.8, 4) is 0 Å². The van der Waals surface area contributed by atoms with Gasteiger partial charge in [0.1, 0.15) is 6.20 Å². The number of rotatable bonds is 6. The molecule has 7 nitrogen and oxygen atoms in total. The van der Waals surface area contributed by atoms with E-state index in [9.17, 15) is 14.9 Å². The largest absolute Gasteiger partial charge is 0.358 e. The minimum atomic E-state index is -0.520. The molecule has 24 heavy (non-hydrogen) atoms. The lowest BCUT2D eigenvalue weighted by Crippen LogP contribution is -2.29. The summed E-state index contributed by atoms with van der Waals surface area (Å²) in [7, 11) is 0. The Hall–Kier alpha value is -3.22. The topological polar surface area (TPSA) is 90.1 Å². The average Bonchev–Trinajstić information content (AvgIpc) is 2.95. The lowest BCUT2D eigenvalue weighted by molar-refractivity contribution is -0.390. The second kappa shape index (κ2) is 7.36. The Labute approximate surface area is 139 Å². The molecule has 0 aliphatic heterocycles. The molecule has 0 atom stereocenters. The molecular formula is C17H18N4O3. The number of imidazole rings is 1. The Morgan fingerprint density at radius 2 is 2.00 bits per heavy atom. The molecule has 0 aliphatic rings. The molecule has 2 aromatic rings. The quantitative estimate of drug-likeness (QED) is 0.652. The molecule has 0 fully saturated rings. The van der Waals surface area contributed by atoms with Crippen molar-refractivity contribution < 1.29 is 9.72 Å². The van der Waals surface area contributed by atoms with E-state index in [1.54, 1.807) is 36.4 Å². The highest BCUT2D eigenvalue weighted by Crippen LogP contribution is 2.16. The fourth-order valence-corrected chi connectivity index (χ4v) is 2.07. The maximum absolute atomic E-state index is 11.9. The van der Waals surface area contributed by atoms with Crippen LogP contribution in [0.5, 0.6) is 0 Å². The van der Waals surface area contributed by atoms with Crippen LogP contribution in [0.1, 0.15) is 35.6 Å². The number of aromatic nitrogens is 2.